The summed E-state index contributed by atoms with van der Waals surface area (Å²) < 4.78 is 5.63. The Balaban J connectivity index is 2.05. The van der Waals surface area contributed by atoms with Gasteiger partial charge in [0.2, 0.25) is 0 Å². The van der Waals surface area contributed by atoms with Crippen LogP contribution in [0.4, 0.5) is 0 Å². The molecule has 2 nitrogen and oxygen atoms in total. The lowest BCUT2D eigenvalue weighted by molar-refractivity contribution is 0.0924. The van der Waals surface area contributed by atoms with Crippen LogP contribution < -0.4 is 0 Å². The number of fused-ring (bicyclic) bond motifs is 1. The molecule has 0 aliphatic rings. The van der Waals surface area contributed by atoms with Crippen LogP contribution in [0, 0.1) is 0 Å². The van der Waals surface area contributed by atoms with E-state index in [1.807, 2.05) is 0 Å². The number of likely N-dealkylation sites (N-methyl/N-ethyl adjacent to an activating group) is 1. The summed E-state index contributed by atoms with van der Waals surface area (Å²) in [6.45, 7) is 10.4. The van der Waals surface area contributed by atoms with Crippen LogP contribution in [-0.4, -0.2) is 31.2 Å². The molecule has 0 aliphatic carbocycles. The number of ether oxygens (including phenoxy) is 1. The third-order valence-electron chi connectivity index (χ3n) is 4.08. The topological polar surface area (TPSA) is 12.5 Å². The number of benzene rings is 2. The van der Waals surface area contributed by atoms with Crippen molar-refractivity contribution in [2.45, 2.75) is 33.2 Å². The van der Waals surface area contributed by atoms with Gasteiger partial charge < -0.3 is 4.74 Å². The quantitative estimate of drug-likeness (QED) is 0.655. The van der Waals surface area contributed by atoms with E-state index in [4.69, 9.17) is 4.74 Å². The first kappa shape index (κ1) is 16.0. The fourth-order valence-corrected chi connectivity index (χ4v) is 2.73. The van der Waals surface area contributed by atoms with Gasteiger partial charge in [0.05, 0.1) is 6.61 Å². The van der Waals surface area contributed by atoms with Gasteiger partial charge >= 0.3 is 0 Å². The fraction of sp³-hybridized carbons (Fsp3) is 0.474. The SMILES string of the molecule is CCCOCCN(CC)C(C)c1ccc2ccccc2c1. The van der Waals surface area contributed by atoms with Crippen molar-refractivity contribution in [2.75, 3.05) is 26.3 Å². The minimum Gasteiger partial charge on any atom is -0.380 e. The first-order chi connectivity index (χ1) is 10.3. The summed E-state index contributed by atoms with van der Waals surface area (Å²) in [6, 6.07) is 15.8. The summed E-state index contributed by atoms with van der Waals surface area (Å²) in [5.41, 5.74) is 1.38. The van der Waals surface area contributed by atoms with Gasteiger partial charge in [-0.25, -0.2) is 0 Å². The minimum absolute atomic E-state index is 0.421. The molecule has 2 heteroatoms. The van der Waals surface area contributed by atoms with Gasteiger partial charge in [0.15, 0.2) is 0 Å². The number of hydrogen-bond acceptors (Lipinski definition) is 2. The highest BCUT2D eigenvalue weighted by molar-refractivity contribution is 5.83. The molecule has 2 aromatic carbocycles. The van der Waals surface area contributed by atoms with E-state index in [0.717, 1.165) is 32.7 Å². The lowest BCUT2D eigenvalue weighted by Gasteiger charge is -2.28. The maximum absolute atomic E-state index is 5.63. The molecule has 0 fully saturated rings. The highest BCUT2D eigenvalue weighted by Crippen LogP contribution is 2.24. The zero-order valence-corrected chi connectivity index (χ0v) is 13.5. The molecule has 0 N–H and O–H groups in total. The van der Waals surface area contributed by atoms with Gasteiger partial charge in [0.1, 0.15) is 0 Å². The average molecular weight is 285 g/mol. The molecule has 1 atom stereocenters. The normalized spacial score (nSPS) is 13.0. The van der Waals surface area contributed by atoms with Crippen molar-refractivity contribution in [3.63, 3.8) is 0 Å². The smallest absolute Gasteiger partial charge is 0.0593 e. The largest absolute Gasteiger partial charge is 0.380 e. The first-order valence-electron chi connectivity index (χ1n) is 8.06. The van der Waals surface area contributed by atoms with Crippen LogP contribution in [0.2, 0.25) is 0 Å². The second-order valence-electron chi connectivity index (χ2n) is 5.52. The zero-order chi connectivity index (χ0) is 15.1. The minimum atomic E-state index is 0.421. The van der Waals surface area contributed by atoms with Gasteiger partial charge in [-0.2, -0.15) is 0 Å². The van der Waals surface area contributed by atoms with Crippen molar-refractivity contribution in [1.82, 2.24) is 4.90 Å². The Kier molecular flexibility index (Phi) is 6.21. The van der Waals surface area contributed by atoms with Crippen molar-refractivity contribution < 1.29 is 4.74 Å². The van der Waals surface area contributed by atoms with Crippen LogP contribution >= 0.6 is 0 Å². The predicted molar refractivity (Wildman–Crippen MR) is 90.7 cm³/mol. The van der Waals surface area contributed by atoms with E-state index < -0.39 is 0 Å². The predicted octanol–water partition coefficient (Wildman–Crippen LogP) is 4.65. The fourth-order valence-electron chi connectivity index (χ4n) is 2.73. The van der Waals surface area contributed by atoms with Gasteiger partial charge in [-0.15, -0.1) is 0 Å². The Bertz CT molecular complexity index is 552. The Labute approximate surface area is 128 Å². The van der Waals surface area contributed by atoms with Crippen molar-refractivity contribution in [3.05, 3.63) is 48.0 Å². The van der Waals surface area contributed by atoms with Gasteiger partial charge in [0, 0.05) is 19.2 Å². The maximum Gasteiger partial charge on any atom is 0.0593 e. The summed E-state index contributed by atoms with van der Waals surface area (Å²) in [5.74, 6) is 0. The highest BCUT2D eigenvalue weighted by Gasteiger charge is 2.14. The molecular weight excluding hydrogens is 258 g/mol. The molecule has 0 aromatic heterocycles. The molecule has 0 saturated heterocycles. The Morgan fingerprint density at radius 3 is 2.48 bits per heavy atom. The monoisotopic (exact) mass is 285 g/mol. The van der Waals surface area contributed by atoms with E-state index in [2.05, 4.69) is 68.1 Å². The lowest BCUT2D eigenvalue weighted by atomic mass is 10.0. The van der Waals surface area contributed by atoms with Crippen molar-refractivity contribution in [2.24, 2.45) is 0 Å². The van der Waals surface area contributed by atoms with E-state index in [0.29, 0.717) is 6.04 Å². The summed E-state index contributed by atoms with van der Waals surface area (Å²) in [6.07, 6.45) is 1.09. The highest BCUT2D eigenvalue weighted by atomic mass is 16.5. The summed E-state index contributed by atoms with van der Waals surface area (Å²) in [7, 11) is 0. The Hall–Kier alpha value is -1.38. The number of nitrogens with zero attached hydrogens (tertiary/aromatic N) is 1. The van der Waals surface area contributed by atoms with Crippen LogP contribution in [0.5, 0.6) is 0 Å². The van der Waals surface area contributed by atoms with Crippen LogP contribution in [0.25, 0.3) is 10.8 Å². The van der Waals surface area contributed by atoms with Crippen molar-refractivity contribution in [1.29, 1.82) is 0 Å². The molecule has 2 aromatic rings. The van der Waals surface area contributed by atoms with E-state index >= 15 is 0 Å². The molecule has 0 radical (unpaired) electrons. The van der Waals surface area contributed by atoms with Gasteiger partial charge in [-0.05, 0) is 42.3 Å². The van der Waals surface area contributed by atoms with Gasteiger partial charge in [-0.3, -0.25) is 4.90 Å². The average Bonchev–Trinajstić information content (AvgIpc) is 2.54. The van der Waals surface area contributed by atoms with Crippen LogP contribution in [0.3, 0.4) is 0 Å². The molecule has 21 heavy (non-hydrogen) atoms. The molecule has 0 bridgehead atoms. The molecule has 0 amide bonds. The molecule has 0 saturated carbocycles. The number of hydrogen-bond donors (Lipinski definition) is 0. The van der Waals surface area contributed by atoms with E-state index in [-0.39, 0.29) is 0 Å². The van der Waals surface area contributed by atoms with E-state index in [1.165, 1.54) is 16.3 Å². The molecular formula is C19H27NO. The van der Waals surface area contributed by atoms with Crippen LogP contribution in [-0.2, 0) is 4.74 Å². The summed E-state index contributed by atoms with van der Waals surface area (Å²) in [5, 5.41) is 2.63. The standard InChI is InChI=1S/C19H27NO/c1-4-13-21-14-12-20(5-2)16(3)18-11-10-17-8-6-7-9-19(17)15-18/h6-11,15-16H,4-5,12-14H2,1-3H3. The second kappa shape index (κ2) is 8.16. The van der Waals surface area contributed by atoms with Crippen molar-refractivity contribution >= 4 is 10.8 Å². The van der Waals surface area contributed by atoms with E-state index in [9.17, 15) is 0 Å². The molecule has 2 rings (SSSR count). The first-order valence-corrected chi connectivity index (χ1v) is 8.06. The Morgan fingerprint density at radius 2 is 1.76 bits per heavy atom. The molecule has 1 unspecified atom stereocenters. The van der Waals surface area contributed by atoms with Gasteiger partial charge in [0.25, 0.3) is 0 Å². The third kappa shape index (κ3) is 4.29. The van der Waals surface area contributed by atoms with E-state index in [1.54, 1.807) is 0 Å². The molecule has 0 spiro atoms. The van der Waals surface area contributed by atoms with Crippen LogP contribution in [0.1, 0.15) is 38.8 Å². The van der Waals surface area contributed by atoms with Crippen molar-refractivity contribution in [3.8, 4) is 0 Å². The van der Waals surface area contributed by atoms with Crippen LogP contribution in [0.15, 0.2) is 42.5 Å². The maximum atomic E-state index is 5.63. The summed E-state index contributed by atoms with van der Waals surface area (Å²) in [4.78, 5) is 2.47. The van der Waals surface area contributed by atoms with Gasteiger partial charge in [-0.1, -0.05) is 50.2 Å². The number of rotatable bonds is 8. The Morgan fingerprint density at radius 1 is 1.00 bits per heavy atom. The molecule has 0 heterocycles. The molecule has 114 valence electrons. The molecule has 0 aliphatic heterocycles. The summed E-state index contributed by atoms with van der Waals surface area (Å²) >= 11 is 0. The second-order valence-corrected chi connectivity index (χ2v) is 5.52. The third-order valence-corrected chi connectivity index (χ3v) is 4.08. The lowest BCUT2D eigenvalue weighted by Crippen LogP contribution is -2.30. The zero-order valence-electron chi connectivity index (χ0n) is 13.5.